The summed E-state index contributed by atoms with van der Waals surface area (Å²) in [5.74, 6) is 0.0157. The van der Waals surface area contributed by atoms with Crippen molar-refractivity contribution in [1.29, 1.82) is 0 Å². The van der Waals surface area contributed by atoms with Crippen molar-refractivity contribution in [3.63, 3.8) is 0 Å². The van der Waals surface area contributed by atoms with Crippen LogP contribution in [-0.2, 0) is 17.8 Å². The first kappa shape index (κ1) is 16.3. The predicted octanol–water partition coefficient (Wildman–Crippen LogP) is 2.47. The van der Waals surface area contributed by atoms with Crippen molar-refractivity contribution in [3.8, 4) is 0 Å². The number of carbonyl (C=O) groups excluding carboxylic acids is 1. The molecule has 0 N–H and O–H groups in total. The Bertz CT molecular complexity index is 898. The molecule has 1 aromatic heterocycles. The van der Waals surface area contributed by atoms with Crippen molar-refractivity contribution in [3.05, 3.63) is 52.2 Å². The number of anilines is 1. The third kappa shape index (κ3) is 2.86. The zero-order valence-corrected chi connectivity index (χ0v) is 14.6. The number of nitrogens with zero attached hydrogens (tertiary/aromatic N) is 3. The standard InChI is InChI=1S/C18H18FN3O2S/c1-11-2-3-12-8-14(19)4-5-15(12)22(11)17(24)13-9-21-16(23)6-7-20-18(21)25-10-13/h4-8,11,13H,2-3,9-10H2,1H3. The van der Waals surface area contributed by atoms with E-state index in [0.29, 0.717) is 17.5 Å². The summed E-state index contributed by atoms with van der Waals surface area (Å²) < 4.78 is 15.1. The molecule has 7 heteroatoms. The molecule has 2 aliphatic rings. The highest BCUT2D eigenvalue weighted by molar-refractivity contribution is 7.99. The topological polar surface area (TPSA) is 55.2 Å². The lowest BCUT2D eigenvalue weighted by Gasteiger charge is -2.38. The summed E-state index contributed by atoms with van der Waals surface area (Å²) in [7, 11) is 0. The number of halogens is 1. The second-order valence-corrected chi connectivity index (χ2v) is 7.54. The summed E-state index contributed by atoms with van der Waals surface area (Å²) in [5, 5.41) is 0.658. The van der Waals surface area contributed by atoms with Crippen LogP contribution in [0.15, 0.2) is 40.4 Å². The monoisotopic (exact) mass is 359 g/mol. The number of aromatic nitrogens is 2. The molecule has 0 fully saturated rings. The Morgan fingerprint density at radius 3 is 3.04 bits per heavy atom. The number of benzene rings is 1. The predicted molar refractivity (Wildman–Crippen MR) is 94.4 cm³/mol. The Morgan fingerprint density at radius 1 is 1.36 bits per heavy atom. The average Bonchev–Trinajstić information content (AvgIpc) is 2.61. The van der Waals surface area contributed by atoms with Crippen LogP contribution in [0.25, 0.3) is 0 Å². The molecule has 0 saturated carbocycles. The molecule has 0 bridgehead atoms. The van der Waals surface area contributed by atoms with Gasteiger partial charge in [0.15, 0.2) is 5.16 Å². The molecule has 0 saturated heterocycles. The summed E-state index contributed by atoms with van der Waals surface area (Å²) in [6.07, 6.45) is 3.07. The van der Waals surface area contributed by atoms with Gasteiger partial charge < -0.3 is 4.90 Å². The van der Waals surface area contributed by atoms with Gasteiger partial charge in [0.2, 0.25) is 5.91 Å². The fourth-order valence-electron chi connectivity index (χ4n) is 3.55. The van der Waals surface area contributed by atoms with E-state index in [2.05, 4.69) is 4.98 Å². The lowest BCUT2D eigenvalue weighted by Crippen LogP contribution is -2.48. The highest BCUT2D eigenvalue weighted by Crippen LogP contribution is 2.34. The fraction of sp³-hybridized carbons (Fsp3) is 0.389. The summed E-state index contributed by atoms with van der Waals surface area (Å²) in [6.45, 7) is 2.36. The number of carbonyl (C=O) groups is 1. The Labute approximate surface area is 148 Å². The lowest BCUT2D eigenvalue weighted by atomic mass is 9.94. The van der Waals surface area contributed by atoms with E-state index in [0.717, 1.165) is 24.1 Å². The highest BCUT2D eigenvalue weighted by atomic mass is 32.2. The van der Waals surface area contributed by atoms with Crippen molar-refractivity contribution in [1.82, 2.24) is 9.55 Å². The Balaban J connectivity index is 1.66. The van der Waals surface area contributed by atoms with Crippen LogP contribution in [0.5, 0.6) is 0 Å². The molecule has 0 aliphatic carbocycles. The van der Waals surface area contributed by atoms with Gasteiger partial charge in [0, 0.05) is 36.3 Å². The minimum atomic E-state index is -0.294. The molecule has 4 rings (SSSR count). The van der Waals surface area contributed by atoms with Crippen molar-refractivity contribution in [2.24, 2.45) is 5.92 Å². The molecule has 25 heavy (non-hydrogen) atoms. The highest BCUT2D eigenvalue weighted by Gasteiger charge is 2.35. The number of amides is 1. The van der Waals surface area contributed by atoms with E-state index in [9.17, 15) is 14.0 Å². The first-order valence-electron chi connectivity index (χ1n) is 8.35. The minimum Gasteiger partial charge on any atom is -0.309 e. The summed E-state index contributed by atoms with van der Waals surface area (Å²) >= 11 is 1.43. The smallest absolute Gasteiger partial charge is 0.254 e. The van der Waals surface area contributed by atoms with Gasteiger partial charge in [-0.25, -0.2) is 9.37 Å². The first-order valence-corrected chi connectivity index (χ1v) is 9.33. The van der Waals surface area contributed by atoms with E-state index in [1.54, 1.807) is 15.5 Å². The molecule has 1 aromatic carbocycles. The van der Waals surface area contributed by atoms with E-state index in [1.165, 1.54) is 36.2 Å². The molecule has 0 spiro atoms. The minimum absolute atomic E-state index is 0.00559. The molecule has 3 heterocycles. The molecule has 2 unspecified atom stereocenters. The molecule has 2 aromatic rings. The SMILES string of the molecule is CC1CCc2cc(F)ccc2N1C(=O)C1CSc2nccc(=O)n2C1. The largest absolute Gasteiger partial charge is 0.309 e. The van der Waals surface area contributed by atoms with Gasteiger partial charge >= 0.3 is 0 Å². The molecule has 0 radical (unpaired) electrons. The molecular weight excluding hydrogens is 341 g/mol. The van der Waals surface area contributed by atoms with Gasteiger partial charge in [-0.2, -0.15) is 0 Å². The van der Waals surface area contributed by atoms with Crippen molar-refractivity contribution in [2.75, 3.05) is 10.7 Å². The van der Waals surface area contributed by atoms with E-state index in [-0.39, 0.29) is 29.2 Å². The maximum absolute atomic E-state index is 13.5. The van der Waals surface area contributed by atoms with Gasteiger partial charge in [-0.05, 0) is 43.5 Å². The molecule has 2 aliphatic heterocycles. The van der Waals surface area contributed by atoms with Crippen LogP contribution in [0.1, 0.15) is 18.9 Å². The normalized spacial score (nSPS) is 22.2. The Morgan fingerprint density at radius 2 is 2.20 bits per heavy atom. The van der Waals surface area contributed by atoms with Gasteiger partial charge in [0.1, 0.15) is 5.82 Å². The van der Waals surface area contributed by atoms with Gasteiger partial charge in [-0.3, -0.25) is 14.2 Å². The van der Waals surface area contributed by atoms with Crippen LogP contribution in [0.4, 0.5) is 10.1 Å². The molecule has 5 nitrogen and oxygen atoms in total. The number of hydrogen-bond acceptors (Lipinski definition) is 4. The Hall–Kier alpha value is -2.15. The van der Waals surface area contributed by atoms with Crippen LogP contribution >= 0.6 is 11.8 Å². The van der Waals surface area contributed by atoms with Crippen LogP contribution in [0.2, 0.25) is 0 Å². The molecular formula is C18H18FN3O2S. The lowest BCUT2D eigenvalue weighted by molar-refractivity contribution is -0.122. The van der Waals surface area contributed by atoms with E-state index < -0.39 is 0 Å². The van der Waals surface area contributed by atoms with E-state index >= 15 is 0 Å². The van der Waals surface area contributed by atoms with Gasteiger partial charge in [0.25, 0.3) is 5.56 Å². The summed E-state index contributed by atoms with van der Waals surface area (Å²) in [6, 6.07) is 6.08. The maximum Gasteiger partial charge on any atom is 0.254 e. The maximum atomic E-state index is 13.5. The van der Waals surface area contributed by atoms with Crippen molar-refractivity contribution >= 4 is 23.4 Å². The van der Waals surface area contributed by atoms with Crippen LogP contribution in [-0.4, -0.2) is 27.3 Å². The van der Waals surface area contributed by atoms with Crippen LogP contribution in [0, 0.1) is 11.7 Å². The summed E-state index contributed by atoms with van der Waals surface area (Å²) in [4.78, 5) is 31.3. The second kappa shape index (κ2) is 6.29. The quantitative estimate of drug-likeness (QED) is 0.734. The second-order valence-electron chi connectivity index (χ2n) is 6.55. The van der Waals surface area contributed by atoms with Gasteiger partial charge in [-0.15, -0.1) is 0 Å². The number of fused-ring (bicyclic) bond motifs is 2. The number of rotatable bonds is 1. The molecule has 2 atom stereocenters. The zero-order valence-electron chi connectivity index (χ0n) is 13.8. The van der Waals surface area contributed by atoms with Crippen LogP contribution < -0.4 is 10.5 Å². The Kier molecular flexibility index (Phi) is 4.11. The number of thioether (sulfide) groups is 1. The number of aryl methyl sites for hydroxylation is 1. The van der Waals surface area contributed by atoms with Gasteiger partial charge in [0.05, 0.1) is 5.92 Å². The van der Waals surface area contributed by atoms with Gasteiger partial charge in [-0.1, -0.05) is 11.8 Å². The fourth-order valence-corrected chi connectivity index (χ4v) is 4.61. The first-order chi connectivity index (χ1) is 12.0. The molecule has 1 amide bonds. The summed E-state index contributed by atoms with van der Waals surface area (Å²) in [5.41, 5.74) is 1.53. The van der Waals surface area contributed by atoms with E-state index in [1.807, 2.05) is 6.92 Å². The third-order valence-electron chi connectivity index (χ3n) is 4.88. The third-order valence-corrected chi connectivity index (χ3v) is 6.03. The molecule has 130 valence electrons. The van der Waals surface area contributed by atoms with Crippen LogP contribution in [0.3, 0.4) is 0 Å². The average molecular weight is 359 g/mol. The van der Waals surface area contributed by atoms with Crippen molar-refractivity contribution in [2.45, 2.75) is 37.5 Å². The zero-order chi connectivity index (χ0) is 17.6. The van der Waals surface area contributed by atoms with Crippen molar-refractivity contribution < 1.29 is 9.18 Å². The van der Waals surface area contributed by atoms with E-state index in [4.69, 9.17) is 0 Å². The number of hydrogen-bond donors (Lipinski definition) is 0.